The van der Waals surface area contributed by atoms with Crippen LogP contribution in [0.4, 0.5) is 0 Å². The molecule has 1 rings (SSSR count). The van der Waals surface area contributed by atoms with E-state index < -0.39 is 0 Å². The molecule has 0 fully saturated rings. The number of nitrogens with zero attached hydrogens (tertiary/aromatic N) is 2. The Bertz CT molecular complexity index is 318. The van der Waals surface area contributed by atoms with Gasteiger partial charge in [0, 0.05) is 12.7 Å². The SMILES string of the molecule is CCCCOC(=O)c1cnn(C)c1C. The zero-order valence-electron chi connectivity index (χ0n) is 8.91. The summed E-state index contributed by atoms with van der Waals surface area (Å²) in [5.74, 6) is -0.274. The van der Waals surface area contributed by atoms with Crippen molar-refractivity contribution in [2.45, 2.75) is 26.7 Å². The van der Waals surface area contributed by atoms with Gasteiger partial charge in [0.05, 0.1) is 12.8 Å². The van der Waals surface area contributed by atoms with Crippen molar-refractivity contribution >= 4 is 5.97 Å². The van der Waals surface area contributed by atoms with Crippen LogP contribution in [0.2, 0.25) is 0 Å². The molecule has 78 valence electrons. The van der Waals surface area contributed by atoms with Gasteiger partial charge < -0.3 is 4.74 Å². The Hall–Kier alpha value is -1.32. The second-order valence-corrected chi connectivity index (χ2v) is 3.26. The summed E-state index contributed by atoms with van der Waals surface area (Å²) in [6.45, 7) is 4.40. The standard InChI is InChI=1S/C10H16N2O2/c1-4-5-6-14-10(13)9-7-11-12(3)8(9)2/h7H,4-6H2,1-3H3. The molecule has 14 heavy (non-hydrogen) atoms. The first kappa shape index (κ1) is 10.8. The highest BCUT2D eigenvalue weighted by atomic mass is 16.5. The molecule has 1 aromatic rings. The molecule has 0 aromatic carbocycles. The summed E-state index contributed by atoms with van der Waals surface area (Å²) in [4.78, 5) is 11.5. The molecule has 4 nitrogen and oxygen atoms in total. The molecule has 0 atom stereocenters. The van der Waals surface area contributed by atoms with Crippen LogP contribution in [0.5, 0.6) is 0 Å². The van der Waals surface area contributed by atoms with E-state index in [-0.39, 0.29) is 5.97 Å². The summed E-state index contributed by atoms with van der Waals surface area (Å²) < 4.78 is 6.73. The number of rotatable bonds is 4. The molecule has 0 amide bonds. The summed E-state index contributed by atoms with van der Waals surface area (Å²) in [5.41, 5.74) is 1.40. The third-order valence-electron chi connectivity index (χ3n) is 2.19. The lowest BCUT2D eigenvalue weighted by molar-refractivity contribution is 0.0499. The Labute approximate surface area is 83.9 Å². The summed E-state index contributed by atoms with van der Waals surface area (Å²) in [7, 11) is 1.80. The molecular weight excluding hydrogens is 180 g/mol. The minimum atomic E-state index is -0.274. The third kappa shape index (κ3) is 2.34. The van der Waals surface area contributed by atoms with Crippen molar-refractivity contribution in [3.05, 3.63) is 17.5 Å². The van der Waals surface area contributed by atoms with Gasteiger partial charge in [-0.1, -0.05) is 13.3 Å². The number of carbonyl (C=O) groups is 1. The second kappa shape index (κ2) is 4.79. The number of hydrogen-bond acceptors (Lipinski definition) is 3. The van der Waals surface area contributed by atoms with Gasteiger partial charge in [0.15, 0.2) is 0 Å². The summed E-state index contributed by atoms with van der Waals surface area (Å²) in [5, 5.41) is 3.98. The van der Waals surface area contributed by atoms with E-state index in [2.05, 4.69) is 12.0 Å². The van der Waals surface area contributed by atoms with Crippen LogP contribution in [-0.2, 0) is 11.8 Å². The number of aromatic nitrogens is 2. The smallest absolute Gasteiger partial charge is 0.341 e. The van der Waals surface area contributed by atoms with Gasteiger partial charge in [-0.15, -0.1) is 0 Å². The monoisotopic (exact) mass is 196 g/mol. The van der Waals surface area contributed by atoms with Gasteiger partial charge in [0.1, 0.15) is 5.56 Å². The van der Waals surface area contributed by atoms with Gasteiger partial charge in [-0.3, -0.25) is 4.68 Å². The predicted molar refractivity (Wildman–Crippen MR) is 53.1 cm³/mol. The van der Waals surface area contributed by atoms with Crippen molar-refractivity contribution in [2.75, 3.05) is 6.61 Å². The highest BCUT2D eigenvalue weighted by molar-refractivity contribution is 5.90. The van der Waals surface area contributed by atoms with E-state index in [1.54, 1.807) is 17.9 Å². The topological polar surface area (TPSA) is 44.1 Å². The Kier molecular flexibility index (Phi) is 3.68. The number of ether oxygens (including phenoxy) is 1. The first-order valence-corrected chi connectivity index (χ1v) is 4.82. The Morgan fingerprint density at radius 3 is 2.86 bits per heavy atom. The molecular formula is C10H16N2O2. The lowest BCUT2D eigenvalue weighted by Crippen LogP contribution is -2.07. The molecule has 1 aromatic heterocycles. The number of hydrogen-bond donors (Lipinski definition) is 0. The van der Waals surface area contributed by atoms with Gasteiger partial charge in [-0.2, -0.15) is 5.10 Å². The maximum absolute atomic E-state index is 11.5. The Balaban J connectivity index is 2.56. The molecule has 0 aliphatic carbocycles. The van der Waals surface area contributed by atoms with Gasteiger partial charge in [-0.25, -0.2) is 4.79 Å². The first-order chi connectivity index (χ1) is 6.66. The van der Waals surface area contributed by atoms with Crippen molar-refractivity contribution in [2.24, 2.45) is 7.05 Å². The molecule has 0 bridgehead atoms. The average Bonchev–Trinajstić information content (AvgIpc) is 2.48. The maximum atomic E-state index is 11.5. The quantitative estimate of drug-likeness (QED) is 0.543. The fourth-order valence-corrected chi connectivity index (χ4v) is 1.09. The van der Waals surface area contributed by atoms with Crippen molar-refractivity contribution < 1.29 is 9.53 Å². The number of esters is 1. The van der Waals surface area contributed by atoms with Crippen molar-refractivity contribution in [3.8, 4) is 0 Å². The predicted octanol–water partition coefficient (Wildman–Crippen LogP) is 1.69. The summed E-state index contributed by atoms with van der Waals surface area (Å²) >= 11 is 0. The maximum Gasteiger partial charge on any atom is 0.341 e. The number of unbranched alkanes of at least 4 members (excludes halogenated alkanes) is 1. The third-order valence-corrected chi connectivity index (χ3v) is 2.19. The molecule has 0 radical (unpaired) electrons. The van der Waals surface area contributed by atoms with E-state index in [9.17, 15) is 4.79 Å². The van der Waals surface area contributed by atoms with Crippen molar-refractivity contribution in [1.82, 2.24) is 9.78 Å². The molecule has 1 heterocycles. The van der Waals surface area contributed by atoms with Crippen LogP contribution in [0.15, 0.2) is 6.20 Å². The zero-order valence-corrected chi connectivity index (χ0v) is 8.91. The number of aryl methyl sites for hydroxylation is 1. The van der Waals surface area contributed by atoms with E-state index in [1.807, 2.05) is 6.92 Å². The fourth-order valence-electron chi connectivity index (χ4n) is 1.09. The average molecular weight is 196 g/mol. The van der Waals surface area contributed by atoms with Crippen LogP contribution in [0, 0.1) is 6.92 Å². The van der Waals surface area contributed by atoms with Crippen molar-refractivity contribution in [3.63, 3.8) is 0 Å². The Morgan fingerprint density at radius 1 is 1.64 bits per heavy atom. The number of carbonyl (C=O) groups excluding carboxylic acids is 1. The molecule has 0 saturated heterocycles. The zero-order chi connectivity index (χ0) is 10.6. The van der Waals surface area contributed by atoms with E-state index in [0.717, 1.165) is 18.5 Å². The fraction of sp³-hybridized carbons (Fsp3) is 0.600. The van der Waals surface area contributed by atoms with Crippen LogP contribution in [0.3, 0.4) is 0 Å². The highest BCUT2D eigenvalue weighted by Crippen LogP contribution is 2.07. The normalized spacial score (nSPS) is 10.2. The minimum Gasteiger partial charge on any atom is -0.462 e. The molecule has 0 unspecified atom stereocenters. The summed E-state index contributed by atoms with van der Waals surface area (Å²) in [6.07, 6.45) is 3.48. The van der Waals surface area contributed by atoms with Crippen LogP contribution in [0.25, 0.3) is 0 Å². The van der Waals surface area contributed by atoms with Crippen LogP contribution in [0.1, 0.15) is 35.8 Å². The lowest BCUT2D eigenvalue weighted by atomic mass is 10.3. The molecule has 0 aliphatic heterocycles. The second-order valence-electron chi connectivity index (χ2n) is 3.26. The lowest BCUT2D eigenvalue weighted by Gasteiger charge is -2.02. The van der Waals surface area contributed by atoms with Gasteiger partial charge in [0.2, 0.25) is 0 Å². The van der Waals surface area contributed by atoms with E-state index in [1.165, 1.54) is 0 Å². The van der Waals surface area contributed by atoms with Gasteiger partial charge >= 0.3 is 5.97 Å². The molecule has 0 aliphatic rings. The van der Waals surface area contributed by atoms with E-state index in [4.69, 9.17) is 4.74 Å². The van der Waals surface area contributed by atoms with Crippen molar-refractivity contribution in [1.29, 1.82) is 0 Å². The summed E-state index contributed by atoms with van der Waals surface area (Å²) in [6, 6.07) is 0. The van der Waals surface area contributed by atoms with E-state index >= 15 is 0 Å². The molecule has 0 spiro atoms. The van der Waals surface area contributed by atoms with Crippen LogP contribution in [-0.4, -0.2) is 22.4 Å². The van der Waals surface area contributed by atoms with Gasteiger partial charge in [-0.05, 0) is 13.3 Å². The van der Waals surface area contributed by atoms with Gasteiger partial charge in [0.25, 0.3) is 0 Å². The molecule has 0 saturated carbocycles. The molecule has 0 N–H and O–H groups in total. The molecule has 4 heteroatoms. The highest BCUT2D eigenvalue weighted by Gasteiger charge is 2.13. The van der Waals surface area contributed by atoms with Crippen LogP contribution < -0.4 is 0 Å². The van der Waals surface area contributed by atoms with Crippen LogP contribution >= 0.6 is 0 Å². The first-order valence-electron chi connectivity index (χ1n) is 4.82. The largest absolute Gasteiger partial charge is 0.462 e. The minimum absolute atomic E-state index is 0.274. The Morgan fingerprint density at radius 2 is 2.36 bits per heavy atom. The van der Waals surface area contributed by atoms with E-state index in [0.29, 0.717) is 12.2 Å².